The molecule has 1 rings (SSSR count). The maximum Gasteiger partial charge on any atom is 0.191 e. The Balaban J connectivity index is 0.00000484. The zero-order valence-corrected chi connectivity index (χ0v) is 16.6. The van der Waals surface area contributed by atoms with Gasteiger partial charge in [0.1, 0.15) is 12.2 Å². The van der Waals surface area contributed by atoms with Crippen molar-refractivity contribution in [3.05, 3.63) is 12.2 Å². The molecule has 0 atom stereocenters. The number of nitrogens with zero attached hydrogens (tertiary/aromatic N) is 4. The molecule has 0 spiro atoms. The first-order valence-electron chi connectivity index (χ1n) is 7.69. The molecule has 0 bridgehead atoms. The van der Waals surface area contributed by atoms with E-state index >= 15 is 0 Å². The minimum absolute atomic E-state index is 0. The van der Waals surface area contributed by atoms with Gasteiger partial charge in [-0.15, -0.1) is 34.2 Å². The summed E-state index contributed by atoms with van der Waals surface area (Å²) in [7, 11) is 3.44. The smallest absolute Gasteiger partial charge is 0.191 e. The summed E-state index contributed by atoms with van der Waals surface area (Å²) in [6, 6.07) is 0. The summed E-state index contributed by atoms with van der Waals surface area (Å²) < 4.78 is 12.4. The lowest BCUT2D eigenvalue weighted by molar-refractivity contribution is 0.0698. The van der Waals surface area contributed by atoms with Crippen LogP contribution in [0.3, 0.4) is 0 Å². The van der Waals surface area contributed by atoms with Crippen LogP contribution in [0.1, 0.15) is 19.2 Å². The van der Waals surface area contributed by atoms with Crippen LogP contribution in [0.2, 0.25) is 0 Å². The van der Waals surface area contributed by atoms with Crippen molar-refractivity contribution in [2.24, 2.45) is 4.99 Å². The molecule has 9 heteroatoms. The van der Waals surface area contributed by atoms with Crippen molar-refractivity contribution >= 4 is 29.9 Å². The average Bonchev–Trinajstić information content (AvgIpc) is 2.99. The number of guanidine groups is 1. The standard InChI is InChI=1S/C14H28N6O2.HI/c1-4-13-19-18-12-20(13)8-7-17-14(15-2)16-6-5-9-22-11-10-21-3;/h12H,4-11H2,1-3H3,(H2,15,16,17);1H. The van der Waals surface area contributed by atoms with E-state index in [-0.39, 0.29) is 24.0 Å². The van der Waals surface area contributed by atoms with Crippen molar-refractivity contribution in [2.45, 2.75) is 26.3 Å². The molecule has 0 aliphatic heterocycles. The van der Waals surface area contributed by atoms with E-state index < -0.39 is 0 Å². The fraction of sp³-hybridized carbons (Fsp3) is 0.786. The highest BCUT2D eigenvalue weighted by atomic mass is 127. The first-order valence-corrected chi connectivity index (χ1v) is 7.69. The molecule has 0 aliphatic rings. The van der Waals surface area contributed by atoms with Gasteiger partial charge in [-0.05, 0) is 6.42 Å². The van der Waals surface area contributed by atoms with Gasteiger partial charge in [0.25, 0.3) is 0 Å². The molecule has 1 aromatic rings. The lowest BCUT2D eigenvalue weighted by Crippen LogP contribution is -2.39. The molecule has 0 saturated carbocycles. The van der Waals surface area contributed by atoms with Crippen LogP contribution in [-0.2, 0) is 22.4 Å². The quantitative estimate of drug-likeness (QED) is 0.228. The maximum absolute atomic E-state index is 5.40. The van der Waals surface area contributed by atoms with Gasteiger partial charge < -0.3 is 24.7 Å². The molecular formula is C14H29IN6O2. The molecule has 0 fully saturated rings. The summed E-state index contributed by atoms with van der Waals surface area (Å²) in [6.45, 7) is 6.48. The van der Waals surface area contributed by atoms with Crippen LogP contribution in [0.15, 0.2) is 11.3 Å². The Bertz CT molecular complexity index is 427. The minimum Gasteiger partial charge on any atom is -0.382 e. The molecule has 0 unspecified atom stereocenters. The number of hydrogen-bond acceptors (Lipinski definition) is 5. The second-order valence-electron chi connectivity index (χ2n) is 4.68. The van der Waals surface area contributed by atoms with Crippen LogP contribution in [0.5, 0.6) is 0 Å². The highest BCUT2D eigenvalue weighted by molar-refractivity contribution is 14.0. The van der Waals surface area contributed by atoms with Crippen molar-refractivity contribution in [3.63, 3.8) is 0 Å². The molecule has 2 N–H and O–H groups in total. The summed E-state index contributed by atoms with van der Waals surface area (Å²) in [6.07, 6.45) is 3.57. The fourth-order valence-corrected chi connectivity index (χ4v) is 1.88. The van der Waals surface area contributed by atoms with E-state index in [0.717, 1.165) is 44.3 Å². The number of hydrogen-bond donors (Lipinski definition) is 2. The molecular weight excluding hydrogens is 411 g/mol. The van der Waals surface area contributed by atoms with Gasteiger partial charge >= 0.3 is 0 Å². The van der Waals surface area contributed by atoms with Crippen LogP contribution in [-0.4, -0.2) is 67.8 Å². The van der Waals surface area contributed by atoms with E-state index in [1.54, 1.807) is 20.5 Å². The van der Waals surface area contributed by atoms with Crippen LogP contribution >= 0.6 is 24.0 Å². The molecule has 0 aromatic carbocycles. The van der Waals surface area contributed by atoms with E-state index in [1.807, 2.05) is 4.57 Å². The number of nitrogens with one attached hydrogen (secondary N) is 2. The van der Waals surface area contributed by atoms with E-state index in [0.29, 0.717) is 19.8 Å². The molecule has 0 saturated heterocycles. The van der Waals surface area contributed by atoms with E-state index in [2.05, 4.69) is 32.7 Å². The third-order valence-corrected chi connectivity index (χ3v) is 3.07. The number of rotatable bonds is 11. The van der Waals surface area contributed by atoms with Crippen LogP contribution < -0.4 is 10.6 Å². The number of aromatic nitrogens is 3. The Morgan fingerprint density at radius 2 is 2.04 bits per heavy atom. The number of methoxy groups -OCH3 is 1. The van der Waals surface area contributed by atoms with Gasteiger partial charge in [-0.3, -0.25) is 4.99 Å². The number of ether oxygens (including phenoxy) is 2. The van der Waals surface area contributed by atoms with E-state index in [9.17, 15) is 0 Å². The summed E-state index contributed by atoms with van der Waals surface area (Å²) in [4.78, 5) is 4.19. The largest absolute Gasteiger partial charge is 0.382 e. The fourth-order valence-electron chi connectivity index (χ4n) is 1.88. The maximum atomic E-state index is 5.40. The van der Waals surface area contributed by atoms with Gasteiger partial charge in [0.05, 0.1) is 13.2 Å². The van der Waals surface area contributed by atoms with E-state index in [1.165, 1.54) is 0 Å². The van der Waals surface area contributed by atoms with Crippen molar-refractivity contribution in [2.75, 3.05) is 47.1 Å². The predicted molar refractivity (Wildman–Crippen MR) is 101 cm³/mol. The summed E-state index contributed by atoms with van der Waals surface area (Å²) in [5, 5.41) is 14.5. The van der Waals surface area contributed by atoms with Gasteiger partial charge in [0.2, 0.25) is 0 Å². The minimum atomic E-state index is 0. The van der Waals surface area contributed by atoms with E-state index in [4.69, 9.17) is 9.47 Å². The molecule has 0 radical (unpaired) electrons. The molecule has 1 aromatic heterocycles. The summed E-state index contributed by atoms with van der Waals surface area (Å²) in [5.74, 6) is 1.79. The Labute approximate surface area is 155 Å². The third kappa shape index (κ3) is 9.72. The lowest BCUT2D eigenvalue weighted by atomic mass is 10.4. The zero-order valence-electron chi connectivity index (χ0n) is 14.2. The van der Waals surface area contributed by atoms with Gasteiger partial charge in [-0.25, -0.2) is 0 Å². The van der Waals surface area contributed by atoms with Crippen LogP contribution in [0.25, 0.3) is 0 Å². The second kappa shape index (κ2) is 14.6. The summed E-state index contributed by atoms with van der Waals surface area (Å²) in [5.41, 5.74) is 0. The molecule has 0 aliphatic carbocycles. The van der Waals surface area contributed by atoms with Gasteiger partial charge in [0, 0.05) is 46.8 Å². The molecule has 1 heterocycles. The lowest BCUT2D eigenvalue weighted by Gasteiger charge is -2.12. The molecule has 8 nitrogen and oxygen atoms in total. The van der Waals surface area contributed by atoms with Gasteiger partial charge in [-0.2, -0.15) is 0 Å². The van der Waals surface area contributed by atoms with Gasteiger partial charge in [-0.1, -0.05) is 6.92 Å². The summed E-state index contributed by atoms with van der Waals surface area (Å²) >= 11 is 0. The highest BCUT2D eigenvalue weighted by Crippen LogP contribution is 1.94. The Morgan fingerprint density at radius 3 is 2.74 bits per heavy atom. The van der Waals surface area contributed by atoms with Crippen molar-refractivity contribution in [1.29, 1.82) is 0 Å². The Kier molecular flexibility index (Phi) is 14.0. The molecule has 23 heavy (non-hydrogen) atoms. The van der Waals surface area contributed by atoms with Crippen molar-refractivity contribution in [3.8, 4) is 0 Å². The van der Waals surface area contributed by atoms with Crippen LogP contribution in [0, 0.1) is 0 Å². The first kappa shape index (κ1) is 22.1. The van der Waals surface area contributed by atoms with Crippen molar-refractivity contribution < 1.29 is 9.47 Å². The normalized spacial score (nSPS) is 11.2. The second-order valence-corrected chi connectivity index (χ2v) is 4.68. The number of aryl methyl sites for hydroxylation is 1. The van der Waals surface area contributed by atoms with Crippen molar-refractivity contribution in [1.82, 2.24) is 25.4 Å². The Morgan fingerprint density at radius 1 is 1.26 bits per heavy atom. The number of aliphatic imine (C=N–C) groups is 1. The zero-order chi connectivity index (χ0) is 16.0. The highest BCUT2D eigenvalue weighted by Gasteiger charge is 2.02. The topological polar surface area (TPSA) is 85.6 Å². The average molecular weight is 440 g/mol. The predicted octanol–water partition coefficient (Wildman–Crippen LogP) is 0.677. The van der Waals surface area contributed by atoms with Crippen LogP contribution in [0.4, 0.5) is 0 Å². The van der Waals surface area contributed by atoms with Gasteiger partial charge in [0.15, 0.2) is 5.96 Å². The Hall–Kier alpha value is -0.940. The number of halogens is 1. The molecule has 134 valence electrons. The first-order chi connectivity index (χ1) is 10.8. The third-order valence-electron chi connectivity index (χ3n) is 3.07. The monoisotopic (exact) mass is 440 g/mol. The SMILES string of the molecule is CCc1nncn1CCNC(=NC)NCCCOCCOC.I. The molecule has 0 amide bonds.